The third-order valence-electron chi connectivity index (χ3n) is 22.1. The lowest BCUT2D eigenvalue weighted by molar-refractivity contribution is 0.626. The van der Waals surface area contributed by atoms with Gasteiger partial charge >= 0.3 is 0 Å². The highest BCUT2D eigenvalue weighted by atomic mass is 32.2. The largest absolute Gasteiger partial charge is 0.324 e. The minimum Gasteiger partial charge on any atom is -0.324 e. The maximum atomic E-state index is 6.00. The van der Waals surface area contributed by atoms with Crippen molar-refractivity contribution in [2.45, 2.75) is 403 Å². The zero-order valence-electron chi connectivity index (χ0n) is 71.2. The second-order valence-electron chi connectivity index (χ2n) is 31.9. The van der Waals surface area contributed by atoms with E-state index in [2.05, 4.69) is 137 Å². The van der Waals surface area contributed by atoms with Crippen LogP contribution in [-0.2, 0) is 0 Å². The number of fused-ring (bicyclic) bond motifs is 20. The van der Waals surface area contributed by atoms with Crippen LogP contribution in [0.2, 0.25) is 0 Å². The summed E-state index contributed by atoms with van der Waals surface area (Å²) >= 11 is 16.4. The van der Waals surface area contributed by atoms with E-state index in [9.17, 15) is 0 Å². The van der Waals surface area contributed by atoms with Gasteiger partial charge in [-0.2, -0.15) is 0 Å². The third-order valence-corrected chi connectivity index (χ3v) is 31.9. The van der Waals surface area contributed by atoms with Crippen LogP contribution in [0.3, 0.4) is 0 Å². The van der Waals surface area contributed by atoms with Crippen LogP contribution >= 0.6 is 94.1 Å². The molecule has 0 fully saturated rings. The molecule has 3 aromatic heterocycles. The van der Waals surface area contributed by atoms with Crippen LogP contribution in [-0.4, -0.2) is 85.9 Å². The number of hydrogen-bond donors (Lipinski definition) is 2. The summed E-state index contributed by atoms with van der Waals surface area (Å²) in [5.41, 5.74) is 7.45. The van der Waals surface area contributed by atoms with Gasteiger partial charge in [-0.25, -0.2) is 29.9 Å². The number of hydrogen-bond acceptors (Lipinski definition) is 14. The van der Waals surface area contributed by atoms with Crippen molar-refractivity contribution >= 4 is 138 Å². The molecule has 0 saturated heterocycles. The Morgan fingerprint density at radius 1 is 0.205 bits per heavy atom. The first-order valence-corrected chi connectivity index (χ1v) is 53.8. The molecule has 0 atom stereocenters. The predicted octanol–water partition coefficient (Wildman–Crippen LogP) is 34.5. The molecule has 2 aliphatic heterocycles. The van der Waals surface area contributed by atoms with Gasteiger partial charge in [-0.3, -0.25) is 0 Å². The Balaban J connectivity index is 1.33. The summed E-state index contributed by atoms with van der Waals surface area (Å²) in [5.74, 6) is 11.5. The van der Waals surface area contributed by atoms with E-state index in [0.29, 0.717) is 17.5 Å². The van der Waals surface area contributed by atoms with Crippen molar-refractivity contribution in [3.8, 4) is 45.6 Å². The summed E-state index contributed by atoms with van der Waals surface area (Å²) in [4.78, 5) is 54.1. The normalized spacial score (nSPS) is 12.1. The number of benzene rings is 4. The van der Waals surface area contributed by atoms with Gasteiger partial charge in [-0.1, -0.05) is 312 Å². The molecule has 0 radical (unpaired) electrons. The fraction of sp³-hybridized carbons (Fsp3) is 0.667. The van der Waals surface area contributed by atoms with E-state index in [1.54, 1.807) is 0 Å². The Morgan fingerprint density at radius 2 is 0.420 bits per heavy atom. The smallest absolute Gasteiger partial charge is 0.165 e. The lowest BCUT2D eigenvalue weighted by Crippen LogP contribution is -1.92. The van der Waals surface area contributed by atoms with Crippen molar-refractivity contribution in [2.24, 2.45) is 0 Å². The van der Waals surface area contributed by atoms with Gasteiger partial charge in [-0.05, 0) is 146 Å². The number of thioether (sulfide) groups is 8. The predicted molar refractivity (Wildman–Crippen MR) is 509 cm³/mol. The highest BCUT2D eigenvalue weighted by molar-refractivity contribution is 8.03. The lowest BCUT2D eigenvalue weighted by atomic mass is 10.1. The van der Waals surface area contributed by atoms with Gasteiger partial charge in [0, 0.05) is 83.0 Å². The van der Waals surface area contributed by atoms with Gasteiger partial charge in [0.2, 0.25) is 0 Å². The third kappa shape index (κ3) is 30.7. The highest BCUT2D eigenvalue weighted by Gasteiger charge is 2.29. The maximum Gasteiger partial charge on any atom is 0.165 e. The molecule has 0 unspecified atom stereocenters. The van der Waals surface area contributed by atoms with E-state index in [1.165, 1.54) is 347 Å². The van der Waals surface area contributed by atoms with E-state index in [0.717, 1.165) is 118 Å². The Bertz CT molecular complexity index is 3910. The number of unbranched alkanes of at least 4 members (excludes halogenated alkanes) is 40. The number of rotatable bonds is 64. The van der Waals surface area contributed by atoms with Crippen LogP contribution in [0.25, 0.3) is 89.7 Å². The van der Waals surface area contributed by atoms with Crippen molar-refractivity contribution in [3.05, 3.63) is 48.5 Å². The van der Waals surface area contributed by atoms with Crippen LogP contribution in [0.4, 0.5) is 0 Å². The minimum atomic E-state index is 0.703. The van der Waals surface area contributed by atoms with Crippen LogP contribution in [0, 0.1) is 0 Å². The molecule has 0 spiro atoms. The van der Waals surface area contributed by atoms with E-state index >= 15 is 0 Å². The molecule has 9 rings (SSSR count). The Labute approximate surface area is 714 Å². The molecular formula is C96H146N8S8. The average molecular weight is 1670 g/mol. The molecular weight excluding hydrogens is 1520 g/mol. The molecule has 0 saturated carbocycles. The molecule has 8 bridgehead atoms. The molecule has 618 valence electrons. The van der Waals surface area contributed by atoms with Gasteiger partial charge in [0.1, 0.15) is 22.6 Å². The van der Waals surface area contributed by atoms with Crippen molar-refractivity contribution in [3.63, 3.8) is 0 Å². The van der Waals surface area contributed by atoms with Crippen LogP contribution < -0.4 is 0 Å². The summed E-state index contributed by atoms with van der Waals surface area (Å²) in [6.45, 7) is 18.6. The summed E-state index contributed by atoms with van der Waals surface area (Å²) in [6.07, 6.45) is 61.7. The molecule has 0 amide bonds. The van der Waals surface area contributed by atoms with E-state index in [-0.39, 0.29) is 0 Å². The van der Waals surface area contributed by atoms with Crippen LogP contribution in [0.5, 0.6) is 0 Å². The second-order valence-corrected chi connectivity index (χ2v) is 41.0. The van der Waals surface area contributed by atoms with Crippen LogP contribution in [0.1, 0.15) is 364 Å². The highest BCUT2D eigenvalue weighted by Crippen LogP contribution is 2.49. The Morgan fingerprint density at radius 3 is 0.696 bits per heavy atom. The van der Waals surface area contributed by atoms with Crippen molar-refractivity contribution < 1.29 is 0 Å². The monoisotopic (exact) mass is 1670 g/mol. The van der Waals surface area contributed by atoms with Crippen molar-refractivity contribution in [1.82, 2.24) is 39.9 Å². The fourth-order valence-corrected chi connectivity index (χ4v) is 24.6. The SMILES string of the molecule is CCCCCCCCSc1cc2c(cc1SCCCCCCCC)-c1nc-2nc2[nH]c(nc3nc(nc4[nH]c(n1)c1cc(SCCCCCCCC)c(SCCCCCCCC)cc41)-c1c-3ccc(SCCCCCCCC)c1SCCCCCCCC)c1cc(SCCCCCCCC)c(SCCCCCCCC)cc21. The van der Waals surface area contributed by atoms with Gasteiger partial charge in [0.15, 0.2) is 23.3 Å². The first-order valence-electron chi connectivity index (χ1n) is 45.9. The number of H-pyrrole nitrogens is 2. The molecule has 2 aliphatic rings. The molecule has 8 nitrogen and oxygen atoms in total. The molecule has 5 heterocycles. The lowest BCUT2D eigenvalue weighted by Gasteiger charge is -2.14. The van der Waals surface area contributed by atoms with Gasteiger partial charge in [0.05, 0.1) is 0 Å². The first-order chi connectivity index (χ1) is 55.3. The average Bonchev–Trinajstić information content (AvgIpc) is 1.59. The first kappa shape index (κ1) is 92.9. The zero-order valence-corrected chi connectivity index (χ0v) is 77.7. The van der Waals surface area contributed by atoms with Gasteiger partial charge in [0.25, 0.3) is 0 Å². The molecule has 4 aromatic carbocycles. The number of aromatic nitrogens is 8. The summed E-state index contributed by atoms with van der Waals surface area (Å²) in [7, 11) is 0. The Hall–Kier alpha value is -2.96. The Kier molecular flexibility index (Phi) is 46.2. The molecule has 16 heteroatoms. The molecule has 2 N–H and O–H groups in total. The van der Waals surface area contributed by atoms with E-state index in [1.807, 2.05) is 70.6 Å². The number of aromatic amines is 2. The summed E-state index contributed by atoms with van der Waals surface area (Å²) < 4.78 is 0. The maximum absolute atomic E-state index is 6.00. The van der Waals surface area contributed by atoms with Crippen LogP contribution in [0.15, 0.2) is 87.7 Å². The summed E-state index contributed by atoms with van der Waals surface area (Å²) in [5, 5.41) is 4.33. The van der Waals surface area contributed by atoms with Crippen molar-refractivity contribution in [2.75, 3.05) is 46.0 Å². The van der Waals surface area contributed by atoms with Crippen molar-refractivity contribution in [1.29, 1.82) is 0 Å². The molecule has 112 heavy (non-hydrogen) atoms. The van der Waals surface area contributed by atoms with E-state index in [4.69, 9.17) is 29.9 Å². The number of nitrogens with zero attached hydrogens (tertiary/aromatic N) is 6. The fourth-order valence-electron chi connectivity index (χ4n) is 15.3. The topological polar surface area (TPSA) is 109 Å². The summed E-state index contributed by atoms with van der Waals surface area (Å²) in [6, 6.07) is 19.7. The second kappa shape index (κ2) is 55.7. The van der Waals surface area contributed by atoms with E-state index < -0.39 is 0 Å². The zero-order chi connectivity index (χ0) is 78.4. The molecule has 7 aromatic rings. The number of nitrogens with one attached hydrogen (secondary N) is 2. The standard InChI is InChI=1S/C96H146N8S8/c1-9-17-25-33-41-49-59-105-80-58-57-73-87(88(80)112-66-56-48-40-32-24-16-8)96-103-89(73)97-90-74-67-81(106-60-50-42-34-26-18-10-2)82(107-61-51-43-35-27-19-11-3)68-75(74)91(98-90)99-92-76-69-83(108-62-52-44-36-28-20-12-4)84(109-63-53-45-37-29-21-13-5)70-77(76)93(100-92)101-94-78-71-85(110-64-54-46-38-30-22-14-6)86(72-79(78)95(102-94)104-96)111-65-55-47-39-31-23-15-7/h57-58,67-72H,9-56,59-66H2,1-8H3,(H2,97,98,99,100,101,102,103,104). The quantitative estimate of drug-likeness (QED) is 0.0279. The van der Waals surface area contributed by atoms with Gasteiger partial charge < -0.3 is 9.97 Å². The molecule has 0 aliphatic carbocycles. The van der Waals surface area contributed by atoms with Gasteiger partial charge in [-0.15, -0.1) is 94.1 Å². The minimum absolute atomic E-state index is 0.703.